The summed E-state index contributed by atoms with van der Waals surface area (Å²) in [5.41, 5.74) is -0.201. The van der Waals surface area contributed by atoms with Gasteiger partial charge in [0, 0.05) is 12.6 Å². The van der Waals surface area contributed by atoms with E-state index in [0.717, 1.165) is 11.0 Å². The number of thioether (sulfide) groups is 1. The molecule has 0 spiro atoms. The summed E-state index contributed by atoms with van der Waals surface area (Å²) in [5, 5.41) is 19.9. The van der Waals surface area contributed by atoms with Crippen molar-refractivity contribution >= 4 is 34.7 Å². The number of benzene rings is 1. The quantitative estimate of drug-likeness (QED) is 0.397. The van der Waals surface area contributed by atoms with E-state index >= 15 is 0 Å². The smallest absolute Gasteiger partial charge is 0.293 e. The number of phenolic OH excluding ortho intramolecular Hbond substituents is 1. The average Bonchev–Trinajstić information content (AvgIpc) is 2.67. The van der Waals surface area contributed by atoms with Gasteiger partial charge in [0.15, 0.2) is 0 Å². The number of nitro groups is 1. The summed E-state index contributed by atoms with van der Waals surface area (Å²) in [7, 11) is 0. The largest absolute Gasteiger partial charge is 0.508 e. The predicted molar refractivity (Wildman–Crippen MR) is 77.6 cm³/mol. The number of rotatable bonds is 4. The average molecular weight is 306 g/mol. The van der Waals surface area contributed by atoms with Crippen LogP contribution in [-0.4, -0.2) is 32.6 Å². The van der Waals surface area contributed by atoms with E-state index in [0.29, 0.717) is 11.8 Å². The van der Waals surface area contributed by atoms with Crippen molar-refractivity contribution in [1.29, 1.82) is 0 Å². The second kappa shape index (κ2) is 5.80. The van der Waals surface area contributed by atoms with Crippen LogP contribution in [0.25, 0.3) is 6.08 Å². The molecule has 8 heteroatoms. The van der Waals surface area contributed by atoms with Crippen molar-refractivity contribution in [3.8, 4) is 5.75 Å². The van der Waals surface area contributed by atoms with Crippen LogP contribution >= 0.6 is 11.8 Å². The molecule has 0 atom stereocenters. The van der Waals surface area contributed by atoms with E-state index in [1.807, 2.05) is 0 Å². The molecular formula is C13H10N2O5S. The highest BCUT2D eigenvalue weighted by Crippen LogP contribution is 2.34. The van der Waals surface area contributed by atoms with Gasteiger partial charge in [0.25, 0.3) is 16.8 Å². The summed E-state index contributed by atoms with van der Waals surface area (Å²) in [6.45, 7) is 3.53. The third-order valence-electron chi connectivity index (χ3n) is 2.68. The molecule has 1 aromatic rings. The Bertz CT molecular complexity index is 683. The molecule has 1 aliphatic heterocycles. The summed E-state index contributed by atoms with van der Waals surface area (Å²) in [5.74, 6) is -0.709. The lowest BCUT2D eigenvalue weighted by Gasteiger charge is -2.07. The fraction of sp³-hybridized carbons (Fsp3) is 0.0769. The number of hydrogen-bond donors (Lipinski definition) is 1. The van der Waals surface area contributed by atoms with Crippen LogP contribution in [-0.2, 0) is 4.79 Å². The van der Waals surface area contributed by atoms with Crippen LogP contribution in [0.3, 0.4) is 0 Å². The van der Waals surface area contributed by atoms with Gasteiger partial charge in [0.2, 0.25) is 0 Å². The zero-order valence-electron chi connectivity index (χ0n) is 10.7. The van der Waals surface area contributed by atoms with Gasteiger partial charge in [-0.05, 0) is 30.0 Å². The second-order valence-corrected chi connectivity index (χ2v) is 5.07. The molecule has 1 saturated heterocycles. The minimum Gasteiger partial charge on any atom is -0.508 e. The zero-order chi connectivity index (χ0) is 15.6. The fourth-order valence-corrected chi connectivity index (χ4v) is 2.59. The maximum absolute atomic E-state index is 12.0. The molecule has 1 aliphatic rings. The zero-order valence-corrected chi connectivity index (χ0v) is 11.5. The van der Waals surface area contributed by atoms with Crippen LogP contribution in [0.4, 0.5) is 10.5 Å². The van der Waals surface area contributed by atoms with Crippen LogP contribution in [0.5, 0.6) is 5.75 Å². The standard InChI is InChI=1S/C13H10N2O5S/c1-2-5-14-12(17)11(21-13(14)18)7-8-6-9(16)3-4-10(8)15(19)20/h2-4,6-7,16H,1,5H2/b11-7+. The Hall–Kier alpha value is -2.61. The highest BCUT2D eigenvalue weighted by molar-refractivity contribution is 8.18. The van der Waals surface area contributed by atoms with Crippen molar-refractivity contribution in [2.45, 2.75) is 0 Å². The van der Waals surface area contributed by atoms with Crippen LogP contribution in [0.15, 0.2) is 35.8 Å². The lowest BCUT2D eigenvalue weighted by Crippen LogP contribution is -2.27. The van der Waals surface area contributed by atoms with Crippen molar-refractivity contribution in [1.82, 2.24) is 4.90 Å². The SMILES string of the molecule is C=CCN1C(=O)S/C(=C/c2cc(O)ccc2[N+](=O)[O-])C1=O. The van der Waals surface area contributed by atoms with Crippen LogP contribution in [0.1, 0.15) is 5.56 Å². The molecule has 1 fully saturated rings. The molecule has 21 heavy (non-hydrogen) atoms. The summed E-state index contributed by atoms with van der Waals surface area (Å²) in [6.07, 6.45) is 2.64. The number of nitro benzene ring substituents is 1. The second-order valence-electron chi connectivity index (χ2n) is 4.08. The van der Waals surface area contributed by atoms with Gasteiger partial charge in [-0.25, -0.2) is 0 Å². The van der Waals surface area contributed by atoms with E-state index in [1.54, 1.807) is 0 Å². The molecule has 1 aromatic carbocycles. The third-order valence-corrected chi connectivity index (χ3v) is 3.59. The van der Waals surface area contributed by atoms with Crippen molar-refractivity contribution < 1.29 is 19.6 Å². The molecule has 0 bridgehead atoms. The number of hydrogen-bond acceptors (Lipinski definition) is 6. The summed E-state index contributed by atoms with van der Waals surface area (Å²) >= 11 is 0.689. The first-order chi connectivity index (χ1) is 9.93. The lowest BCUT2D eigenvalue weighted by molar-refractivity contribution is -0.385. The minimum atomic E-state index is -0.626. The van der Waals surface area contributed by atoms with Crippen molar-refractivity contribution in [3.63, 3.8) is 0 Å². The van der Waals surface area contributed by atoms with Gasteiger partial charge in [-0.2, -0.15) is 0 Å². The minimum absolute atomic E-state index is 0.0594. The molecule has 0 saturated carbocycles. The highest BCUT2D eigenvalue weighted by Gasteiger charge is 2.34. The number of imide groups is 1. The van der Waals surface area contributed by atoms with Crippen LogP contribution in [0.2, 0.25) is 0 Å². The number of aromatic hydroxyl groups is 1. The van der Waals surface area contributed by atoms with Crippen molar-refractivity contribution in [2.24, 2.45) is 0 Å². The lowest BCUT2D eigenvalue weighted by atomic mass is 10.1. The van der Waals surface area contributed by atoms with E-state index in [2.05, 4.69) is 6.58 Å². The first-order valence-electron chi connectivity index (χ1n) is 5.77. The molecule has 2 amide bonds. The van der Waals surface area contributed by atoms with Crippen molar-refractivity contribution in [3.05, 3.63) is 51.4 Å². The molecule has 0 aromatic heterocycles. The fourth-order valence-electron chi connectivity index (χ4n) is 1.75. The maximum atomic E-state index is 12.0. The van der Waals surface area contributed by atoms with E-state index < -0.39 is 16.1 Å². The number of phenols is 1. The number of carbonyl (C=O) groups excluding carboxylic acids is 2. The number of carbonyl (C=O) groups is 2. The van der Waals surface area contributed by atoms with Gasteiger partial charge < -0.3 is 5.11 Å². The Morgan fingerprint density at radius 2 is 2.14 bits per heavy atom. The summed E-state index contributed by atoms with van der Waals surface area (Å²) < 4.78 is 0. The Labute approximate surface area is 123 Å². The molecular weight excluding hydrogens is 296 g/mol. The van der Waals surface area contributed by atoms with Gasteiger partial charge in [-0.15, -0.1) is 6.58 Å². The van der Waals surface area contributed by atoms with E-state index in [1.165, 1.54) is 24.3 Å². The molecule has 0 radical (unpaired) electrons. The Kier molecular flexibility index (Phi) is 4.08. The Morgan fingerprint density at radius 1 is 1.43 bits per heavy atom. The molecule has 0 unspecified atom stereocenters. The van der Waals surface area contributed by atoms with E-state index in [-0.39, 0.29) is 28.5 Å². The van der Waals surface area contributed by atoms with Gasteiger partial charge in [-0.1, -0.05) is 6.08 Å². The Morgan fingerprint density at radius 3 is 2.76 bits per heavy atom. The summed E-state index contributed by atoms with van der Waals surface area (Å²) in [6, 6.07) is 3.48. The molecule has 108 valence electrons. The van der Waals surface area contributed by atoms with E-state index in [9.17, 15) is 24.8 Å². The van der Waals surface area contributed by atoms with Gasteiger partial charge >= 0.3 is 0 Å². The van der Waals surface area contributed by atoms with Gasteiger partial charge in [-0.3, -0.25) is 24.6 Å². The maximum Gasteiger partial charge on any atom is 0.293 e. The number of amides is 2. The van der Waals surface area contributed by atoms with Gasteiger partial charge in [0.1, 0.15) is 5.75 Å². The monoisotopic (exact) mass is 306 g/mol. The van der Waals surface area contributed by atoms with Crippen molar-refractivity contribution in [2.75, 3.05) is 6.54 Å². The van der Waals surface area contributed by atoms with Crippen LogP contribution < -0.4 is 0 Å². The van der Waals surface area contributed by atoms with E-state index in [4.69, 9.17) is 0 Å². The van der Waals surface area contributed by atoms with Crippen LogP contribution in [0, 0.1) is 10.1 Å². The molecule has 0 aliphatic carbocycles. The molecule has 7 nitrogen and oxygen atoms in total. The summed E-state index contributed by atoms with van der Waals surface area (Å²) in [4.78, 5) is 35.0. The molecule has 1 N–H and O–H groups in total. The third kappa shape index (κ3) is 2.95. The molecule has 2 rings (SSSR count). The first-order valence-corrected chi connectivity index (χ1v) is 6.59. The normalized spacial score (nSPS) is 16.6. The topological polar surface area (TPSA) is 101 Å². The van der Waals surface area contributed by atoms with Gasteiger partial charge in [0.05, 0.1) is 15.4 Å². The first kappa shape index (κ1) is 14.8. The highest BCUT2D eigenvalue weighted by atomic mass is 32.2. The molecule has 1 heterocycles. The Balaban J connectivity index is 2.43. The predicted octanol–water partition coefficient (Wildman–Crippen LogP) is 2.52. The number of nitrogens with zero attached hydrogens (tertiary/aromatic N) is 2.